The van der Waals surface area contributed by atoms with Crippen LogP contribution in [0.3, 0.4) is 0 Å². The Morgan fingerprint density at radius 3 is 2.09 bits per heavy atom. The van der Waals surface area contributed by atoms with Gasteiger partial charge in [-0.25, -0.2) is 17.2 Å². The summed E-state index contributed by atoms with van der Waals surface area (Å²) >= 11 is 0. The average Bonchev–Trinajstić information content (AvgIpc) is 2.83. The van der Waals surface area contributed by atoms with Crippen LogP contribution in [0.5, 0.6) is 0 Å². The smallest absolute Gasteiger partial charge is 0.253 e. The van der Waals surface area contributed by atoms with E-state index in [2.05, 4.69) is 4.90 Å². The normalized spacial score (nSPS) is 14.2. The minimum Gasteiger partial charge on any atom is -0.368 e. The molecule has 0 atom stereocenters. The van der Waals surface area contributed by atoms with Crippen molar-refractivity contribution in [1.29, 1.82) is 0 Å². The maximum absolute atomic E-state index is 14.1. The average molecular weight is 486 g/mol. The monoisotopic (exact) mass is 485 g/mol. The van der Waals surface area contributed by atoms with Crippen LogP contribution in [0.25, 0.3) is 0 Å². The van der Waals surface area contributed by atoms with Gasteiger partial charge in [-0.05, 0) is 54.6 Å². The zero-order valence-electron chi connectivity index (χ0n) is 18.7. The maximum atomic E-state index is 14.1. The van der Waals surface area contributed by atoms with E-state index in [-0.39, 0.29) is 23.8 Å². The molecule has 9 heteroatoms. The van der Waals surface area contributed by atoms with Gasteiger partial charge in [0.15, 0.2) is 0 Å². The first-order valence-electron chi connectivity index (χ1n) is 10.8. The van der Waals surface area contributed by atoms with E-state index >= 15 is 0 Å². The van der Waals surface area contributed by atoms with Crippen molar-refractivity contribution in [2.24, 2.45) is 0 Å². The van der Waals surface area contributed by atoms with Crippen LogP contribution in [0.2, 0.25) is 0 Å². The number of amides is 1. The Morgan fingerprint density at radius 1 is 0.882 bits per heavy atom. The molecule has 3 aromatic carbocycles. The van der Waals surface area contributed by atoms with E-state index in [0.717, 1.165) is 16.2 Å². The topological polar surface area (TPSA) is 60.9 Å². The first-order valence-corrected chi connectivity index (χ1v) is 12.7. The molecule has 6 nitrogen and oxygen atoms in total. The van der Waals surface area contributed by atoms with Crippen molar-refractivity contribution in [1.82, 2.24) is 4.90 Å². The number of carbonyl (C=O) groups excluding carboxylic acids is 1. The van der Waals surface area contributed by atoms with E-state index in [1.165, 1.54) is 24.3 Å². The minimum absolute atomic E-state index is 0.148. The second-order valence-electron chi connectivity index (χ2n) is 8.16. The fraction of sp³-hybridized carbons (Fsp3) is 0.240. The summed E-state index contributed by atoms with van der Waals surface area (Å²) in [5.74, 6) is -0.919. The van der Waals surface area contributed by atoms with E-state index in [4.69, 9.17) is 0 Å². The van der Waals surface area contributed by atoms with Gasteiger partial charge in [0, 0.05) is 43.0 Å². The van der Waals surface area contributed by atoms with Gasteiger partial charge in [0.05, 0.1) is 18.5 Å². The van der Waals surface area contributed by atoms with Crippen LogP contribution in [-0.4, -0.2) is 51.7 Å². The third-order valence-electron chi connectivity index (χ3n) is 5.83. The Bertz CT molecular complexity index is 1260. The quantitative estimate of drug-likeness (QED) is 0.532. The van der Waals surface area contributed by atoms with Crippen LogP contribution in [0, 0.1) is 11.6 Å². The first kappa shape index (κ1) is 23.7. The van der Waals surface area contributed by atoms with Gasteiger partial charge in [-0.1, -0.05) is 18.2 Å². The number of carbonyl (C=O) groups is 1. The van der Waals surface area contributed by atoms with Gasteiger partial charge in [0.25, 0.3) is 5.91 Å². The SMILES string of the molecule is CS(=O)(=O)N(Cc1ccccc1F)c1ccc(C(=O)N2CCN(c3ccc(F)cc3)CC2)cc1. The van der Waals surface area contributed by atoms with Crippen molar-refractivity contribution in [3.05, 3.63) is 95.6 Å². The predicted molar refractivity (Wildman–Crippen MR) is 128 cm³/mol. The summed E-state index contributed by atoms with van der Waals surface area (Å²) in [4.78, 5) is 16.8. The summed E-state index contributed by atoms with van der Waals surface area (Å²) in [7, 11) is -3.68. The summed E-state index contributed by atoms with van der Waals surface area (Å²) in [6.45, 7) is 2.13. The molecule has 1 heterocycles. The Balaban J connectivity index is 1.44. The lowest BCUT2D eigenvalue weighted by Gasteiger charge is -2.36. The van der Waals surface area contributed by atoms with Crippen molar-refractivity contribution in [2.75, 3.05) is 41.6 Å². The molecule has 178 valence electrons. The Hall–Kier alpha value is -3.46. The van der Waals surface area contributed by atoms with Crippen LogP contribution in [0.1, 0.15) is 15.9 Å². The molecule has 0 N–H and O–H groups in total. The molecule has 3 aromatic rings. The van der Waals surface area contributed by atoms with Gasteiger partial charge < -0.3 is 9.80 Å². The third kappa shape index (κ3) is 5.36. The van der Waals surface area contributed by atoms with Crippen molar-refractivity contribution in [2.45, 2.75) is 6.54 Å². The number of halogens is 2. The number of benzene rings is 3. The molecule has 1 aliphatic rings. The lowest BCUT2D eigenvalue weighted by atomic mass is 10.1. The van der Waals surface area contributed by atoms with Gasteiger partial charge in [-0.15, -0.1) is 0 Å². The molecule has 0 aliphatic carbocycles. The number of hydrogen-bond acceptors (Lipinski definition) is 4. The highest BCUT2D eigenvalue weighted by Gasteiger charge is 2.24. The van der Waals surface area contributed by atoms with Crippen molar-refractivity contribution in [3.63, 3.8) is 0 Å². The molecule has 0 bridgehead atoms. The highest BCUT2D eigenvalue weighted by atomic mass is 32.2. The van der Waals surface area contributed by atoms with E-state index in [9.17, 15) is 22.0 Å². The molecule has 1 amide bonds. The number of nitrogens with zero attached hydrogens (tertiary/aromatic N) is 3. The van der Waals surface area contributed by atoms with E-state index in [1.54, 1.807) is 53.4 Å². The highest BCUT2D eigenvalue weighted by molar-refractivity contribution is 7.92. The molecule has 0 radical (unpaired) electrons. The second-order valence-corrected chi connectivity index (χ2v) is 10.1. The Kier molecular flexibility index (Phi) is 6.83. The van der Waals surface area contributed by atoms with Gasteiger partial charge in [0.2, 0.25) is 10.0 Å². The predicted octanol–water partition coefficient (Wildman–Crippen LogP) is 3.89. The lowest BCUT2D eigenvalue weighted by molar-refractivity contribution is 0.0747. The molecule has 1 aliphatic heterocycles. The van der Waals surface area contributed by atoms with E-state index in [1.807, 2.05) is 0 Å². The summed E-state index contributed by atoms with van der Waals surface area (Å²) in [5, 5.41) is 0. The summed E-state index contributed by atoms with van der Waals surface area (Å²) in [6.07, 6.45) is 1.06. The number of rotatable bonds is 6. The summed E-state index contributed by atoms with van der Waals surface area (Å²) in [5.41, 5.74) is 1.96. The van der Waals surface area contributed by atoms with Crippen LogP contribution in [0.15, 0.2) is 72.8 Å². The lowest BCUT2D eigenvalue weighted by Crippen LogP contribution is -2.48. The van der Waals surface area contributed by atoms with Gasteiger partial charge >= 0.3 is 0 Å². The van der Waals surface area contributed by atoms with Gasteiger partial charge in [-0.2, -0.15) is 0 Å². The molecular formula is C25H25F2N3O3S. The molecule has 1 fully saturated rings. The fourth-order valence-electron chi connectivity index (χ4n) is 3.95. The van der Waals surface area contributed by atoms with Crippen LogP contribution in [-0.2, 0) is 16.6 Å². The highest BCUT2D eigenvalue weighted by Crippen LogP contribution is 2.23. The molecule has 0 unspecified atom stereocenters. The molecule has 0 aromatic heterocycles. The maximum Gasteiger partial charge on any atom is 0.253 e. The van der Waals surface area contributed by atoms with Gasteiger partial charge in [-0.3, -0.25) is 9.10 Å². The molecule has 4 rings (SSSR count). The molecule has 0 saturated carbocycles. The zero-order chi connectivity index (χ0) is 24.3. The van der Waals surface area contributed by atoms with Gasteiger partial charge in [0.1, 0.15) is 11.6 Å². The Labute approximate surface area is 198 Å². The first-order chi connectivity index (χ1) is 16.2. The summed E-state index contributed by atoms with van der Waals surface area (Å²) in [6, 6.07) is 18.6. The molecule has 1 saturated heterocycles. The van der Waals surface area contributed by atoms with Crippen molar-refractivity contribution < 1.29 is 22.0 Å². The van der Waals surface area contributed by atoms with Crippen LogP contribution in [0.4, 0.5) is 20.2 Å². The number of sulfonamides is 1. The van der Waals surface area contributed by atoms with E-state index in [0.29, 0.717) is 37.4 Å². The zero-order valence-corrected chi connectivity index (χ0v) is 19.5. The Morgan fingerprint density at radius 2 is 1.50 bits per heavy atom. The van der Waals surface area contributed by atoms with Crippen LogP contribution < -0.4 is 9.21 Å². The summed E-state index contributed by atoms with van der Waals surface area (Å²) < 4.78 is 53.1. The minimum atomic E-state index is -3.68. The molecule has 34 heavy (non-hydrogen) atoms. The second kappa shape index (κ2) is 9.80. The largest absolute Gasteiger partial charge is 0.368 e. The molecule has 0 spiro atoms. The van der Waals surface area contributed by atoms with Crippen molar-refractivity contribution >= 4 is 27.3 Å². The fourth-order valence-corrected chi connectivity index (χ4v) is 4.83. The standard InChI is InChI=1S/C25H25F2N3O3S/c1-34(32,33)30(18-20-4-2-3-5-24(20)27)23-10-6-19(7-11-23)25(31)29-16-14-28(15-17-29)22-12-8-21(26)9-13-22/h2-13H,14-18H2,1H3. The van der Waals surface area contributed by atoms with Crippen LogP contribution >= 0.6 is 0 Å². The van der Waals surface area contributed by atoms with E-state index < -0.39 is 15.8 Å². The number of anilines is 2. The number of piperazine rings is 1. The van der Waals surface area contributed by atoms with Crippen molar-refractivity contribution in [3.8, 4) is 0 Å². The molecular weight excluding hydrogens is 460 g/mol. The number of hydrogen-bond donors (Lipinski definition) is 0. The third-order valence-corrected chi connectivity index (χ3v) is 6.97.